The van der Waals surface area contributed by atoms with Crippen LogP contribution in [0.2, 0.25) is 5.02 Å². The summed E-state index contributed by atoms with van der Waals surface area (Å²) in [4.78, 5) is 26.4. The number of thioether (sulfide) groups is 1. The maximum atomic E-state index is 12.5. The first-order chi connectivity index (χ1) is 10.1. The van der Waals surface area contributed by atoms with E-state index < -0.39 is 0 Å². The lowest BCUT2D eigenvalue weighted by atomic mass is 9.90. The molecular formula is C16H20ClNO2S. The largest absolute Gasteiger partial charge is 0.342 e. The minimum absolute atomic E-state index is 0.0850. The van der Waals surface area contributed by atoms with Crippen LogP contribution in [0.3, 0.4) is 0 Å². The molecule has 0 aliphatic carbocycles. The van der Waals surface area contributed by atoms with E-state index in [2.05, 4.69) is 0 Å². The van der Waals surface area contributed by atoms with Gasteiger partial charge in [-0.15, -0.1) is 0 Å². The van der Waals surface area contributed by atoms with Crippen LogP contribution in [0.15, 0.2) is 24.3 Å². The number of piperidine rings is 1. The summed E-state index contributed by atoms with van der Waals surface area (Å²) in [6, 6.07) is 7.00. The van der Waals surface area contributed by atoms with Gasteiger partial charge >= 0.3 is 0 Å². The highest BCUT2D eigenvalue weighted by Gasteiger charge is 2.28. The molecule has 1 aliphatic heterocycles. The summed E-state index contributed by atoms with van der Waals surface area (Å²) in [6.45, 7) is 1.33. The number of carbonyl (C=O) groups is 2. The summed E-state index contributed by atoms with van der Waals surface area (Å²) in [5.74, 6) is 1.04. The summed E-state index contributed by atoms with van der Waals surface area (Å²) >= 11 is 7.52. The van der Waals surface area contributed by atoms with Crippen LogP contribution in [0.25, 0.3) is 0 Å². The van der Waals surface area contributed by atoms with Crippen molar-refractivity contribution in [1.29, 1.82) is 0 Å². The Morgan fingerprint density at radius 3 is 2.71 bits per heavy atom. The van der Waals surface area contributed by atoms with E-state index in [9.17, 15) is 9.59 Å². The van der Waals surface area contributed by atoms with E-state index in [-0.39, 0.29) is 17.6 Å². The number of amides is 1. The number of ketones is 1. The number of rotatable bonds is 5. The molecule has 0 bridgehead atoms. The zero-order valence-corrected chi connectivity index (χ0v) is 13.8. The van der Waals surface area contributed by atoms with Gasteiger partial charge in [-0.25, -0.2) is 0 Å². The number of benzene rings is 1. The number of Topliss-reactive ketones (excluding diaryl/α,β-unsaturated/α-hetero) is 1. The Morgan fingerprint density at radius 2 is 2.05 bits per heavy atom. The van der Waals surface area contributed by atoms with E-state index in [0.717, 1.165) is 25.1 Å². The molecule has 1 fully saturated rings. The van der Waals surface area contributed by atoms with Gasteiger partial charge in [0.15, 0.2) is 5.78 Å². The maximum absolute atomic E-state index is 12.5. The van der Waals surface area contributed by atoms with E-state index in [1.54, 1.807) is 36.0 Å². The second kappa shape index (κ2) is 7.85. The number of carbonyl (C=O) groups excluding carboxylic acids is 2. The number of hydrogen-bond donors (Lipinski definition) is 0. The second-order valence-corrected chi connectivity index (χ2v) is 6.71. The van der Waals surface area contributed by atoms with E-state index >= 15 is 0 Å². The highest BCUT2D eigenvalue weighted by atomic mass is 35.5. The van der Waals surface area contributed by atoms with Crippen LogP contribution >= 0.6 is 23.4 Å². The maximum Gasteiger partial charge on any atom is 0.223 e. The molecule has 3 nitrogen and oxygen atoms in total. The highest BCUT2D eigenvalue weighted by molar-refractivity contribution is 7.98. The van der Waals surface area contributed by atoms with Gasteiger partial charge in [0.25, 0.3) is 0 Å². The quantitative estimate of drug-likeness (QED) is 0.777. The monoisotopic (exact) mass is 325 g/mol. The third-order valence-electron chi connectivity index (χ3n) is 3.79. The summed E-state index contributed by atoms with van der Waals surface area (Å²) < 4.78 is 0. The summed E-state index contributed by atoms with van der Waals surface area (Å²) in [5.41, 5.74) is 0.683. The van der Waals surface area contributed by atoms with Gasteiger partial charge in [-0.05, 0) is 43.4 Å². The van der Waals surface area contributed by atoms with Crippen molar-refractivity contribution in [2.24, 2.45) is 5.92 Å². The van der Waals surface area contributed by atoms with E-state index in [1.807, 2.05) is 11.2 Å². The molecule has 0 spiro atoms. The average Bonchev–Trinajstić information content (AvgIpc) is 2.52. The van der Waals surface area contributed by atoms with Gasteiger partial charge in [0, 0.05) is 41.8 Å². The third-order valence-corrected chi connectivity index (χ3v) is 4.66. The van der Waals surface area contributed by atoms with Crippen molar-refractivity contribution in [3.8, 4) is 0 Å². The van der Waals surface area contributed by atoms with Crippen LogP contribution in [0, 0.1) is 5.92 Å². The number of hydrogen-bond acceptors (Lipinski definition) is 3. The molecule has 0 N–H and O–H groups in total. The topological polar surface area (TPSA) is 37.4 Å². The van der Waals surface area contributed by atoms with Crippen molar-refractivity contribution in [3.63, 3.8) is 0 Å². The van der Waals surface area contributed by atoms with Crippen LogP contribution in [0.5, 0.6) is 0 Å². The number of nitrogens with zero attached hydrogens (tertiary/aromatic N) is 1. The molecule has 0 radical (unpaired) electrons. The number of likely N-dealkylation sites (tertiary alicyclic amines) is 1. The molecule has 2 rings (SSSR count). The van der Waals surface area contributed by atoms with Crippen molar-refractivity contribution < 1.29 is 9.59 Å². The molecule has 21 heavy (non-hydrogen) atoms. The van der Waals surface area contributed by atoms with E-state index in [1.165, 1.54) is 0 Å². The van der Waals surface area contributed by atoms with Crippen molar-refractivity contribution in [3.05, 3.63) is 34.9 Å². The van der Waals surface area contributed by atoms with Crippen molar-refractivity contribution >= 4 is 35.1 Å². The van der Waals surface area contributed by atoms with Crippen LogP contribution in [-0.2, 0) is 4.79 Å². The first-order valence-corrected chi connectivity index (χ1v) is 8.95. The highest BCUT2D eigenvalue weighted by Crippen LogP contribution is 2.22. The Hall–Kier alpha value is -1.00. The minimum atomic E-state index is -0.0850. The van der Waals surface area contributed by atoms with Crippen LogP contribution in [0.4, 0.5) is 0 Å². The Morgan fingerprint density at radius 1 is 1.33 bits per heavy atom. The van der Waals surface area contributed by atoms with Crippen LogP contribution in [0.1, 0.15) is 29.6 Å². The molecule has 1 saturated heterocycles. The molecule has 1 aliphatic rings. The molecule has 1 unspecified atom stereocenters. The fraction of sp³-hybridized carbons (Fsp3) is 0.500. The van der Waals surface area contributed by atoms with Crippen molar-refractivity contribution in [2.75, 3.05) is 25.1 Å². The molecule has 114 valence electrons. The first-order valence-electron chi connectivity index (χ1n) is 7.18. The predicted molar refractivity (Wildman–Crippen MR) is 88.1 cm³/mol. The van der Waals surface area contributed by atoms with Gasteiger partial charge in [-0.3, -0.25) is 9.59 Å². The van der Waals surface area contributed by atoms with Gasteiger partial charge < -0.3 is 4.90 Å². The normalized spacial score (nSPS) is 18.6. The van der Waals surface area contributed by atoms with E-state index in [0.29, 0.717) is 23.6 Å². The zero-order valence-electron chi connectivity index (χ0n) is 12.2. The summed E-state index contributed by atoms with van der Waals surface area (Å²) in [7, 11) is 0. The molecule has 0 aromatic heterocycles. The second-order valence-electron chi connectivity index (χ2n) is 5.29. The Balaban J connectivity index is 1.98. The van der Waals surface area contributed by atoms with Gasteiger partial charge in [-0.2, -0.15) is 11.8 Å². The van der Waals surface area contributed by atoms with Gasteiger partial charge in [0.05, 0.1) is 0 Å². The molecule has 1 aromatic carbocycles. The fourth-order valence-corrected chi connectivity index (χ4v) is 3.12. The summed E-state index contributed by atoms with van der Waals surface area (Å²) in [6.07, 6.45) is 4.31. The molecule has 0 saturated carbocycles. The predicted octanol–water partition coefficient (Wildman–Crippen LogP) is 3.51. The average molecular weight is 326 g/mol. The molecule has 5 heteroatoms. The Labute approximate surface area is 135 Å². The van der Waals surface area contributed by atoms with Crippen molar-refractivity contribution in [1.82, 2.24) is 4.90 Å². The molecule has 1 atom stereocenters. The van der Waals surface area contributed by atoms with Gasteiger partial charge in [0.1, 0.15) is 0 Å². The van der Waals surface area contributed by atoms with Gasteiger partial charge in [-0.1, -0.05) is 11.6 Å². The number of halogens is 1. The zero-order chi connectivity index (χ0) is 15.2. The van der Waals surface area contributed by atoms with Gasteiger partial charge in [0.2, 0.25) is 5.91 Å². The summed E-state index contributed by atoms with van der Waals surface area (Å²) in [5, 5.41) is 0.629. The first kappa shape index (κ1) is 16.4. The SMILES string of the molecule is CSCCC(=O)N1CCCC(C(=O)c2ccc(Cl)cc2)C1. The lowest BCUT2D eigenvalue weighted by Crippen LogP contribution is -2.42. The van der Waals surface area contributed by atoms with Crippen LogP contribution in [-0.4, -0.2) is 41.7 Å². The molecule has 1 aromatic rings. The Kier molecular flexibility index (Phi) is 6.12. The lowest BCUT2D eigenvalue weighted by molar-refractivity contribution is -0.132. The minimum Gasteiger partial charge on any atom is -0.342 e. The smallest absolute Gasteiger partial charge is 0.223 e. The molecule has 1 heterocycles. The standard InChI is InChI=1S/C16H20ClNO2S/c1-21-10-8-15(19)18-9-2-3-13(11-18)16(20)12-4-6-14(17)7-5-12/h4-7,13H,2-3,8-11H2,1H3. The van der Waals surface area contributed by atoms with Crippen LogP contribution < -0.4 is 0 Å². The molecular weight excluding hydrogens is 306 g/mol. The third kappa shape index (κ3) is 4.48. The van der Waals surface area contributed by atoms with Crippen molar-refractivity contribution in [2.45, 2.75) is 19.3 Å². The Bertz CT molecular complexity index is 504. The molecule has 1 amide bonds. The fourth-order valence-electron chi connectivity index (χ4n) is 2.62. The van der Waals surface area contributed by atoms with E-state index in [4.69, 9.17) is 11.6 Å². The lowest BCUT2D eigenvalue weighted by Gasteiger charge is -2.32.